The van der Waals surface area contributed by atoms with Gasteiger partial charge in [-0.2, -0.15) is 0 Å². The molecular weight excluding hydrogens is 519 g/mol. The molecule has 3 aromatic rings. The number of halogens is 3. The highest BCUT2D eigenvalue weighted by molar-refractivity contribution is 6.42. The summed E-state index contributed by atoms with van der Waals surface area (Å²) < 4.78 is 16.4. The fourth-order valence-corrected chi connectivity index (χ4v) is 3.91. The van der Waals surface area contributed by atoms with E-state index < -0.39 is 17.8 Å². The molecule has 0 aliphatic carbocycles. The molecule has 2 heterocycles. The van der Waals surface area contributed by atoms with Gasteiger partial charge in [0.15, 0.2) is 11.5 Å². The zero-order valence-corrected chi connectivity index (χ0v) is 20.4. The van der Waals surface area contributed by atoms with Crippen LogP contribution in [-0.4, -0.2) is 29.9 Å². The van der Waals surface area contributed by atoms with E-state index in [1.807, 2.05) is 0 Å². The minimum absolute atomic E-state index is 0.131. The lowest BCUT2D eigenvalue weighted by Gasteiger charge is -2.25. The molecule has 8 nitrogen and oxygen atoms in total. The molecule has 1 aliphatic rings. The predicted octanol–water partition coefficient (Wildman–Crippen LogP) is 5.49. The van der Waals surface area contributed by atoms with Crippen LogP contribution in [-0.2, 0) is 22.7 Å². The standard InChI is InChI=1S/C24H17Cl3N2O6/c1-33-20-10-14(9-19(27)21(20)35-12-13-4-5-17(25)18(26)8-13)7-16-22(30)28-24(32)29(23(16)31)11-15-3-2-6-34-15/h2-10H,11-12H2,1H3,(H,28,30,32)/b16-7+. The van der Waals surface area contributed by atoms with E-state index in [4.69, 9.17) is 48.7 Å². The summed E-state index contributed by atoms with van der Waals surface area (Å²) in [5.74, 6) is -0.681. The second kappa shape index (κ2) is 10.4. The molecule has 4 amide bonds. The summed E-state index contributed by atoms with van der Waals surface area (Å²) in [5, 5.41) is 3.15. The molecule has 0 unspecified atom stereocenters. The number of barbiturate groups is 1. The molecule has 35 heavy (non-hydrogen) atoms. The summed E-state index contributed by atoms with van der Waals surface area (Å²) in [4.78, 5) is 38.4. The minimum atomic E-state index is -0.838. The number of furan rings is 1. The zero-order valence-electron chi connectivity index (χ0n) is 18.1. The van der Waals surface area contributed by atoms with Crippen molar-refractivity contribution in [3.8, 4) is 11.5 Å². The van der Waals surface area contributed by atoms with Gasteiger partial charge in [0.05, 0.1) is 35.0 Å². The molecule has 1 aromatic heterocycles. The van der Waals surface area contributed by atoms with Crippen molar-refractivity contribution in [2.45, 2.75) is 13.2 Å². The van der Waals surface area contributed by atoms with Gasteiger partial charge in [-0.15, -0.1) is 0 Å². The topological polar surface area (TPSA) is 98.1 Å². The van der Waals surface area contributed by atoms with Crippen LogP contribution in [0.15, 0.2) is 58.7 Å². The van der Waals surface area contributed by atoms with Crippen LogP contribution < -0.4 is 14.8 Å². The van der Waals surface area contributed by atoms with E-state index in [0.29, 0.717) is 21.4 Å². The van der Waals surface area contributed by atoms with Crippen molar-refractivity contribution in [3.63, 3.8) is 0 Å². The Morgan fingerprint density at radius 2 is 1.83 bits per heavy atom. The van der Waals surface area contributed by atoms with Crippen LogP contribution in [0.25, 0.3) is 6.08 Å². The lowest BCUT2D eigenvalue weighted by molar-refractivity contribution is -0.130. The normalized spacial score (nSPS) is 14.9. The number of hydrogen-bond acceptors (Lipinski definition) is 6. The van der Waals surface area contributed by atoms with E-state index >= 15 is 0 Å². The van der Waals surface area contributed by atoms with Crippen molar-refractivity contribution in [1.29, 1.82) is 0 Å². The van der Waals surface area contributed by atoms with Gasteiger partial charge in [-0.3, -0.25) is 19.8 Å². The van der Waals surface area contributed by atoms with Crippen LogP contribution in [0.1, 0.15) is 16.9 Å². The summed E-state index contributed by atoms with van der Waals surface area (Å²) in [6.07, 6.45) is 2.74. The van der Waals surface area contributed by atoms with Crippen molar-refractivity contribution in [2.24, 2.45) is 0 Å². The number of nitrogens with one attached hydrogen (secondary N) is 1. The van der Waals surface area contributed by atoms with Crippen molar-refractivity contribution in [2.75, 3.05) is 7.11 Å². The molecule has 0 bridgehead atoms. The molecule has 180 valence electrons. The first-order chi connectivity index (χ1) is 16.8. The number of imide groups is 2. The largest absolute Gasteiger partial charge is 0.493 e. The Kier molecular flexibility index (Phi) is 7.35. The summed E-state index contributed by atoms with van der Waals surface area (Å²) >= 11 is 18.4. The molecule has 2 aromatic carbocycles. The molecule has 0 spiro atoms. The maximum Gasteiger partial charge on any atom is 0.331 e. The van der Waals surface area contributed by atoms with Gasteiger partial charge in [-0.25, -0.2) is 4.79 Å². The van der Waals surface area contributed by atoms with Gasteiger partial charge >= 0.3 is 6.03 Å². The van der Waals surface area contributed by atoms with Gasteiger partial charge in [-0.1, -0.05) is 40.9 Å². The second-order valence-corrected chi connectivity index (χ2v) is 8.58. The lowest BCUT2D eigenvalue weighted by Crippen LogP contribution is -2.53. The van der Waals surface area contributed by atoms with Gasteiger partial charge < -0.3 is 13.9 Å². The Labute approximate surface area is 214 Å². The van der Waals surface area contributed by atoms with Crippen molar-refractivity contribution in [1.82, 2.24) is 10.2 Å². The first-order valence-electron chi connectivity index (χ1n) is 10.1. The Hall–Kier alpha value is -3.46. The third-order valence-corrected chi connectivity index (χ3v) is 6.03. The van der Waals surface area contributed by atoms with E-state index in [2.05, 4.69) is 5.32 Å². The molecule has 1 N–H and O–H groups in total. The van der Waals surface area contributed by atoms with E-state index in [1.54, 1.807) is 36.4 Å². The Bertz CT molecular complexity index is 1340. The van der Waals surface area contributed by atoms with Crippen LogP contribution in [0.4, 0.5) is 4.79 Å². The van der Waals surface area contributed by atoms with Crippen molar-refractivity contribution in [3.05, 3.63) is 86.3 Å². The maximum absolute atomic E-state index is 12.9. The Balaban J connectivity index is 1.59. The number of carbonyl (C=O) groups excluding carboxylic acids is 3. The van der Waals surface area contributed by atoms with Gasteiger partial charge in [0.2, 0.25) is 0 Å². The number of benzene rings is 2. The minimum Gasteiger partial charge on any atom is -0.493 e. The number of hydrogen-bond donors (Lipinski definition) is 1. The molecular formula is C24H17Cl3N2O6. The number of rotatable bonds is 7. The van der Waals surface area contributed by atoms with Crippen LogP contribution in [0.2, 0.25) is 15.1 Å². The van der Waals surface area contributed by atoms with Crippen LogP contribution in [0, 0.1) is 0 Å². The number of methoxy groups -OCH3 is 1. The van der Waals surface area contributed by atoms with Crippen LogP contribution in [0.3, 0.4) is 0 Å². The summed E-state index contributed by atoms with van der Waals surface area (Å²) in [6, 6.07) is 10.6. The smallest absolute Gasteiger partial charge is 0.331 e. The number of carbonyl (C=O) groups is 3. The van der Waals surface area contributed by atoms with Crippen LogP contribution in [0.5, 0.6) is 11.5 Å². The fraction of sp³-hybridized carbons (Fsp3) is 0.125. The molecule has 0 radical (unpaired) electrons. The van der Waals surface area contributed by atoms with E-state index in [-0.39, 0.29) is 35.2 Å². The van der Waals surface area contributed by atoms with E-state index in [1.165, 1.54) is 25.5 Å². The first kappa shape index (κ1) is 24.7. The van der Waals surface area contributed by atoms with Gasteiger partial charge in [-0.05, 0) is 53.6 Å². The average molecular weight is 536 g/mol. The molecule has 11 heteroatoms. The summed E-state index contributed by atoms with van der Waals surface area (Å²) in [5.41, 5.74) is 0.896. The van der Waals surface area contributed by atoms with Crippen molar-refractivity contribution >= 4 is 58.7 Å². The molecule has 1 saturated heterocycles. The number of nitrogens with zero attached hydrogens (tertiary/aromatic N) is 1. The zero-order chi connectivity index (χ0) is 25.1. The lowest BCUT2D eigenvalue weighted by atomic mass is 10.1. The number of amides is 4. The third kappa shape index (κ3) is 5.45. The Morgan fingerprint density at radius 1 is 1.03 bits per heavy atom. The quantitative estimate of drug-likeness (QED) is 0.317. The number of ether oxygens (including phenoxy) is 2. The van der Waals surface area contributed by atoms with E-state index in [9.17, 15) is 14.4 Å². The predicted molar refractivity (Wildman–Crippen MR) is 130 cm³/mol. The van der Waals surface area contributed by atoms with E-state index in [0.717, 1.165) is 10.5 Å². The number of urea groups is 1. The summed E-state index contributed by atoms with van der Waals surface area (Å²) in [7, 11) is 1.43. The third-order valence-electron chi connectivity index (χ3n) is 5.01. The summed E-state index contributed by atoms with van der Waals surface area (Å²) in [6.45, 7) is 0.00596. The molecule has 4 rings (SSSR count). The highest BCUT2D eigenvalue weighted by Gasteiger charge is 2.36. The van der Waals surface area contributed by atoms with Gasteiger partial charge in [0.1, 0.15) is 17.9 Å². The molecule has 0 atom stereocenters. The molecule has 1 aliphatic heterocycles. The highest BCUT2D eigenvalue weighted by Crippen LogP contribution is 2.38. The van der Waals surface area contributed by atoms with Gasteiger partial charge in [0.25, 0.3) is 11.8 Å². The van der Waals surface area contributed by atoms with Crippen LogP contribution >= 0.6 is 34.8 Å². The van der Waals surface area contributed by atoms with Gasteiger partial charge in [0, 0.05) is 0 Å². The SMILES string of the molecule is COc1cc(/C=C2\C(=O)NC(=O)N(Cc3ccco3)C2=O)cc(Cl)c1OCc1ccc(Cl)c(Cl)c1. The molecule has 0 saturated carbocycles. The first-order valence-corrected chi connectivity index (χ1v) is 11.3. The van der Waals surface area contributed by atoms with Crippen molar-refractivity contribution < 1.29 is 28.3 Å². The second-order valence-electron chi connectivity index (χ2n) is 7.36. The maximum atomic E-state index is 12.9. The average Bonchev–Trinajstić information content (AvgIpc) is 3.34. The fourth-order valence-electron chi connectivity index (χ4n) is 3.31. The Morgan fingerprint density at radius 3 is 2.51 bits per heavy atom. The molecule has 1 fully saturated rings. The highest BCUT2D eigenvalue weighted by atomic mass is 35.5. The monoisotopic (exact) mass is 534 g/mol.